The van der Waals surface area contributed by atoms with Crippen molar-refractivity contribution in [1.82, 2.24) is 10.6 Å². The zero-order chi connectivity index (χ0) is 17.0. The molecule has 1 fully saturated rings. The molecule has 1 aromatic carbocycles. The normalized spacial score (nSPS) is 20.3. The molecule has 1 aliphatic rings. The average molecular weight is 341 g/mol. The van der Waals surface area contributed by atoms with Gasteiger partial charge >= 0.3 is 0 Å². The molecule has 122 valence electrons. The van der Waals surface area contributed by atoms with Gasteiger partial charge in [-0.3, -0.25) is 10.2 Å². The van der Waals surface area contributed by atoms with Crippen molar-refractivity contribution in [1.29, 1.82) is 10.8 Å². The Balaban J connectivity index is 2.03. The molecule has 5 nitrogen and oxygen atoms in total. The first-order valence-electron chi connectivity index (χ1n) is 6.85. The number of hydrogen-bond donors (Lipinski definition) is 4. The molecule has 0 saturated heterocycles. The maximum Gasteiger partial charge on any atom is 0.270 e. The smallest absolute Gasteiger partial charge is 0.270 e. The van der Waals surface area contributed by atoms with Gasteiger partial charge in [0.1, 0.15) is 22.9 Å². The van der Waals surface area contributed by atoms with Crippen LogP contribution < -0.4 is 10.6 Å². The van der Waals surface area contributed by atoms with Gasteiger partial charge < -0.3 is 16.0 Å². The lowest BCUT2D eigenvalue weighted by molar-refractivity contribution is -0.115. The highest BCUT2D eigenvalue weighted by atomic mass is 35.5. The zero-order valence-electron chi connectivity index (χ0n) is 12.0. The van der Waals surface area contributed by atoms with E-state index < -0.39 is 29.6 Å². The minimum Gasteiger partial charge on any atom is -0.371 e. The van der Waals surface area contributed by atoms with Crippen LogP contribution in [0.3, 0.4) is 0 Å². The van der Waals surface area contributed by atoms with Gasteiger partial charge in [-0.1, -0.05) is 29.8 Å². The molecule has 2 rings (SSSR count). The van der Waals surface area contributed by atoms with E-state index in [1.807, 2.05) is 0 Å². The van der Waals surface area contributed by atoms with E-state index in [-0.39, 0.29) is 23.7 Å². The number of hydrogen-bond acceptors (Lipinski definition) is 4. The molecule has 2 atom stereocenters. The monoisotopic (exact) mass is 340 g/mol. The van der Waals surface area contributed by atoms with E-state index in [1.165, 1.54) is 6.07 Å². The lowest BCUT2D eigenvalue weighted by Crippen LogP contribution is -2.35. The van der Waals surface area contributed by atoms with Crippen LogP contribution in [-0.4, -0.2) is 30.0 Å². The Kier molecular flexibility index (Phi) is 5.44. The largest absolute Gasteiger partial charge is 0.371 e. The van der Waals surface area contributed by atoms with Crippen LogP contribution in [0.15, 0.2) is 35.0 Å². The van der Waals surface area contributed by atoms with Crippen LogP contribution in [0.5, 0.6) is 0 Å². The van der Waals surface area contributed by atoms with Crippen LogP contribution >= 0.6 is 11.6 Å². The molecular weight excluding hydrogens is 326 g/mol. The van der Waals surface area contributed by atoms with Gasteiger partial charge in [-0.05, 0) is 6.07 Å². The summed E-state index contributed by atoms with van der Waals surface area (Å²) < 4.78 is 26.3. The molecule has 1 aliphatic carbocycles. The van der Waals surface area contributed by atoms with Gasteiger partial charge in [0.25, 0.3) is 5.91 Å². The van der Waals surface area contributed by atoms with E-state index in [4.69, 9.17) is 22.4 Å². The summed E-state index contributed by atoms with van der Waals surface area (Å²) in [7, 11) is 0. The van der Waals surface area contributed by atoms with E-state index in [1.54, 1.807) is 18.2 Å². The molecule has 4 N–H and O–H groups in total. The fraction of sp³-hybridized carbons (Fsp3) is 0.267. The summed E-state index contributed by atoms with van der Waals surface area (Å²) in [6.45, 7) is 0.0346. The number of carbonyl (C=O) groups excluding carboxylic acids is 1. The topological polar surface area (TPSA) is 88.8 Å². The summed E-state index contributed by atoms with van der Waals surface area (Å²) in [6, 6.07) is 5.48. The number of nitrogens with one attached hydrogen (secondary N) is 4. The summed E-state index contributed by atoms with van der Waals surface area (Å²) in [5, 5.41) is 19.9. The van der Waals surface area contributed by atoms with Crippen LogP contribution in [-0.2, 0) is 11.3 Å². The van der Waals surface area contributed by atoms with E-state index in [0.29, 0.717) is 5.56 Å². The van der Waals surface area contributed by atoms with Crippen molar-refractivity contribution < 1.29 is 13.6 Å². The Labute approximate surface area is 136 Å². The van der Waals surface area contributed by atoms with Crippen LogP contribution in [0, 0.1) is 16.6 Å². The van der Waals surface area contributed by atoms with Crippen molar-refractivity contribution in [2.45, 2.75) is 25.2 Å². The first-order valence-corrected chi connectivity index (χ1v) is 7.23. The summed E-state index contributed by atoms with van der Waals surface area (Å²) in [5.41, 5.74) is -0.356. The Morgan fingerprint density at radius 3 is 2.65 bits per heavy atom. The highest BCUT2D eigenvalue weighted by molar-refractivity contribution is 6.51. The predicted octanol–water partition coefficient (Wildman–Crippen LogP) is 2.26. The molecule has 0 aromatic heterocycles. The average Bonchev–Trinajstić information content (AvgIpc) is 3.22. The zero-order valence-corrected chi connectivity index (χ0v) is 12.8. The number of halogens is 3. The van der Waals surface area contributed by atoms with Gasteiger partial charge in [-0.15, -0.1) is 0 Å². The lowest BCUT2D eigenvalue weighted by Gasteiger charge is -2.11. The SMILES string of the molecule is N=C/C(C(=N)C(=O)N[C@H]1CC1F)=C(\Cl)NCc1ccccc1F. The maximum atomic E-state index is 13.5. The third-order valence-electron chi connectivity index (χ3n) is 3.30. The fourth-order valence-corrected chi connectivity index (χ4v) is 2.05. The number of amides is 1. The molecule has 0 spiro atoms. The molecule has 0 radical (unpaired) electrons. The van der Waals surface area contributed by atoms with E-state index in [2.05, 4.69) is 10.6 Å². The van der Waals surface area contributed by atoms with Crippen LogP contribution in [0.2, 0.25) is 0 Å². The first-order chi connectivity index (χ1) is 10.9. The van der Waals surface area contributed by atoms with Gasteiger partial charge in [-0.25, -0.2) is 8.78 Å². The first kappa shape index (κ1) is 17.1. The fourth-order valence-electron chi connectivity index (χ4n) is 1.83. The van der Waals surface area contributed by atoms with Gasteiger partial charge in [0, 0.05) is 24.7 Å². The van der Waals surface area contributed by atoms with Gasteiger partial charge in [-0.2, -0.15) is 0 Å². The van der Waals surface area contributed by atoms with Crippen molar-refractivity contribution in [2.75, 3.05) is 0 Å². The number of benzene rings is 1. The molecule has 23 heavy (non-hydrogen) atoms. The molecule has 1 amide bonds. The van der Waals surface area contributed by atoms with Crippen molar-refractivity contribution in [2.24, 2.45) is 0 Å². The van der Waals surface area contributed by atoms with E-state index >= 15 is 0 Å². The second-order valence-electron chi connectivity index (χ2n) is 5.02. The Morgan fingerprint density at radius 1 is 1.43 bits per heavy atom. The van der Waals surface area contributed by atoms with Crippen LogP contribution in [0.1, 0.15) is 12.0 Å². The van der Waals surface area contributed by atoms with E-state index in [0.717, 1.165) is 6.21 Å². The second-order valence-corrected chi connectivity index (χ2v) is 5.40. The molecule has 0 aliphatic heterocycles. The summed E-state index contributed by atoms with van der Waals surface area (Å²) in [4.78, 5) is 11.8. The number of alkyl halides is 1. The maximum absolute atomic E-state index is 13.5. The predicted molar refractivity (Wildman–Crippen MR) is 84.1 cm³/mol. The minimum absolute atomic E-state index is 0.0346. The van der Waals surface area contributed by atoms with Crippen molar-refractivity contribution in [3.8, 4) is 0 Å². The van der Waals surface area contributed by atoms with Gasteiger partial charge in [0.15, 0.2) is 0 Å². The molecule has 1 aromatic rings. The molecule has 8 heteroatoms. The Hall–Kier alpha value is -2.28. The molecular formula is C15H15ClF2N4O. The third kappa shape index (κ3) is 4.35. The molecule has 0 heterocycles. The number of carbonyl (C=O) groups is 1. The summed E-state index contributed by atoms with van der Waals surface area (Å²) >= 11 is 5.97. The standard InChI is InChI=1S/C15H15ClF2N4O/c16-14(21-7-8-3-1-2-4-10(8)17)9(6-19)13(20)15(23)22-12-5-11(12)18/h1-4,6,11-12,19-21H,5,7H2,(H,22,23)/b14-9-,19-6?,20-13?/t11?,12-/m0/s1. The molecule has 1 saturated carbocycles. The van der Waals surface area contributed by atoms with Crippen molar-refractivity contribution in [3.63, 3.8) is 0 Å². The van der Waals surface area contributed by atoms with Gasteiger partial charge in [0.2, 0.25) is 0 Å². The van der Waals surface area contributed by atoms with E-state index in [9.17, 15) is 13.6 Å². The second kappa shape index (κ2) is 7.32. The minimum atomic E-state index is -1.09. The Morgan fingerprint density at radius 2 is 2.09 bits per heavy atom. The summed E-state index contributed by atoms with van der Waals surface area (Å²) in [6.07, 6.45) is -0.116. The van der Waals surface area contributed by atoms with Crippen molar-refractivity contribution in [3.05, 3.63) is 46.4 Å². The highest BCUT2D eigenvalue weighted by Crippen LogP contribution is 2.24. The number of rotatable bonds is 7. The summed E-state index contributed by atoms with van der Waals surface area (Å²) in [5.74, 6) is -1.23. The third-order valence-corrected chi connectivity index (χ3v) is 3.64. The molecule has 0 bridgehead atoms. The molecule has 1 unspecified atom stereocenters. The van der Waals surface area contributed by atoms with Crippen LogP contribution in [0.25, 0.3) is 0 Å². The van der Waals surface area contributed by atoms with Gasteiger partial charge in [0.05, 0.1) is 11.6 Å². The lowest BCUT2D eigenvalue weighted by atomic mass is 10.1. The van der Waals surface area contributed by atoms with Crippen LogP contribution in [0.4, 0.5) is 8.78 Å². The Bertz CT molecular complexity index is 677. The van der Waals surface area contributed by atoms with Crippen molar-refractivity contribution >= 4 is 29.4 Å². The highest BCUT2D eigenvalue weighted by Gasteiger charge is 2.39. The quantitative estimate of drug-likeness (QED) is 0.453.